The molecule has 0 saturated carbocycles. The van der Waals surface area contributed by atoms with Crippen molar-refractivity contribution in [2.75, 3.05) is 37.7 Å². The quantitative estimate of drug-likeness (QED) is 0.826. The molecule has 2 aliphatic heterocycles. The first kappa shape index (κ1) is 16.6. The molecule has 6 nitrogen and oxygen atoms in total. The van der Waals surface area contributed by atoms with Gasteiger partial charge in [-0.3, -0.25) is 4.79 Å². The second-order valence-electron chi connectivity index (χ2n) is 7.29. The summed E-state index contributed by atoms with van der Waals surface area (Å²) in [6, 6.07) is -0.0948. The maximum absolute atomic E-state index is 12.9. The van der Waals surface area contributed by atoms with Crippen molar-refractivity contribution in [2.24, 2.45) is 0 Å². The van der Waals surface area contributed by atoms with E-state index < -0.39 is 0 Å². The number of hydrogen-bond acceptors (Lipinski definition) is 6. The third kappa shape index (κ3) is 3.66. The normalized spacial score (nSPS) is 23.2. The van der Waals surface area contributed by atoms with Crippen molar-refractivity contribution in [3.63, 3.8) is 0 Å². The smallest absolute Gasteiger partial charge is 0.245 e. The van der Waals surface area contributed by atoms with Crippen LogP contribution < -0.4 is 4.90 Å². The van der Waals surface area contributed by atoms with Crippen LogP contribution in [0, 0.1) is 0 Å². The third-order valence-electron chi connectivity index (χ3n) is 4.44. The fourth-order valence-corrected chi connectivity index (χ4v) is 3.98. The molecule has 0 aromatic carbocycles. The zero-order valence-corrected chi connectivity index (χ0v) is 15.1. The van der Waals surface area contributed by atoms with Crippen LogP contribution in [-0.2, 0) is 14.9 Å². The maximum atomic E-state index is 12.9. The summed E-state index contributed by atoms with van der Waals surface area (Å²) in [6.45, 7) is 9.93. The van der Waals surface area contributed by atoms with Crippen molar-refractivity contribution in [1.82, 2.24) is 14.3 Å². The molecule has 0 aliphatic carbocycles. The van der Waals surface area contributed by atoms with Crippen LogP contribution in [0.2, 0.25) is 0 Å². The number of anilines is 1. The molecule has 0 N–H and O–H groups in total. The highest BCUT2D eigenvalue weighted by Gasteiger charge is 2.35. The average molecular weight is 338 g/mol. The Morgan fingerprint density at radius 3 is 2.61 bits per heavy atom. The van der Waals surface area contributed by atoms with E-state index in [1.54, 1.807) is 0 Å². The fraction of sp³-hybridized carbons (Fsp3) is 0.812. The molecule has 128 valence electrons. The molecule has 1 aromatic heterocycles. The van der Waals surface area contributed by atoms with Crippen molar-refractivity contribution in [1.29, 1.82) is 0 Å². The second-order valence-corrected chi connectivity index (χ2v) is 8.02. The summed E-state index contributed by atoms with van der Waals surface area (Å²) in [7, 11) is 0. The lowest BCUT2D eigenvalue weighted by Gasteiger charge is -2.38. The lowest BCUT2D eigenvalue weighted by Crippen LogP contribution is -2.53. The molecule has 1 amide bonds. The van der Waals surface area contributed by atoms with Gasteiger partial charge in [0.25, 0.3) is 0 Å². The van der Waals surface area contributed by atoms with Gasteiger partial charge in [-0.25, -0.2) is 4.98 Å². The van der Waals surface area contributed by atoms with Gasteiger partial charge in [0.2, 0.25) is 11.0 Å². The van der Waals surface area contributed by atoms with E-state index in [9.17, 15) is 4.79 Å². The average Bonchev–Trinajstić information content (AvgIpc) is 3.05. The van der Waals surface area contributed by atoms with Gasteiger partial charge in [-0.2, -0.15) is 4.37 Å². The van der Waals surface area contributed by atoms with E-state index in [-0.39, 0.29) is 17.4 Å². The molecule has 2 fully saturated rings. The number of aromatic nitrogens is 2. The number of piperidine rings is 1. The van der Waals surface area contributed by atoms with Crippen LogP contribution in [0.1, 0.15) is 45.9 Å². The third-order valence-corrected chi connectivity index (χ3v) is 5.20. The summed E-state index contributed by atoms with van der Waals surface area (Å²) in [5, 5.41) is 0.890. The lowest BCUT2D eigenvalue weighted by atomic mass is 9.96. The Labute approximate surface area is 142 Å². The predicted octanol–water partition coefficient (Wildman–Crippen LogP) is 2.05. The summed E-state index contributed by atoms with van der Waals surface area (Å²) in [5.41, 5.74) is -0.0613. The standard InChI is InChI=1S/C16H26N4O2S/c1-16(2,3)14-17-15(23-18-14)20-7-5-4-6-12(20)13(21)19-8-10-22-11-9-19/h12H,4-11H2,1-3H3. The molecule has 1 aromatic rings. The lowest BCUT2D eigenvalue weighted by molar-refractivity contribution is -0.137. The maximum Gasteiger partial charge on any atom is 0.245 e. The number of ether oxygens (including phenoxy) is 1. The minimum atomic E-state index is -0.0948. The Kier molecular flexibility index (Phi) is 4.87. The number of hydrogen-bond donors (Lipinski definition) is 0. The van der Waals surface area contributed by atoms with Gasteiger partial charge < -0.3 is 14.5 Å². The van der Waals surface area contributed by atoms with Crippen molar-refractivity contribution < 1.29 is 9.53 Å². The Hall–Kier alpha value is -1.21. The van der Waals surface area contributed by atoms with E-state index in [1.807, 2.05) is 4.90 Å². The van der Waals surface area contributed by atoms with Gasteiger partial charge >= 0.3 is 0 Å². The number of rotatable bonds is 2. The molecule has 0 spiro atoms. The van der Waals surface area contributed by atoms with E-state index in [0.717, 1.165) is 36.8 Å². The zero-order valence-electron chi connectivity index (χ0n) is 14.2. The van der Waals surface area contributed by atoms with Crippen LogP contribution in [-0.4, -0.2) is 59.1 Å². The van der Waals surface area contributed by atoms with Crippen molar-refractivity contribution >= 4 is 22.6 Å². The molecule has 0 bridgehead atoms. The first-order valence-electron chi connectivity index (χ1n) is 8.44. The zero-order chi connectivity index (χ0) is 16.4. The van der Waals surface area contributed by atoms with E-state index in [4.69, 9.17) is 9.72 Å². The topological polar surface area (TPSA) is 58.6 Å². The van der Waals surface area contributed by atoms with Crippen LogP contribution in [0.3, 0.4) is 0 Å². The van der Waals surface area contributed by atoms with Gasteiger partial charge in [0.05, 0.1) is 13.2 Å². The SMILES string of the molecule is CC(C)(C)c1nsc(N2CCCCC2C(=O)N2CCOCC2)n1. The summed E-state index contributed by atoms with van der Waals surface area (Å²) < 4.78 is 9.87. The summed E-state index contributed by atoms with van der Waals surface area (Å²) >= 11 is 1.42. The molecule has 7 heteroatoms. The minimum Gasteiger partial charge on any atom is -0.378 e. The summed E-state index contributed by atoms with van der Waals surface area (Å²) in [4.78, 5) is 21.8. The molecule has 23 heavy (non-hydrogen) atoms. The summed E-state index contributed by atoms with van der Waals surface area (Å²) in [6.07, 6.45) is 3.11. The molecular weight excluding hydrogens is 312 g/mol. The van der Waals surface area contributed by atoms with Crippen LogP contribution in [0.25, 0.3) is 0 Å². The van der Waals surface area contributed by atoms with Gasteiger partial charge in [-0.05, 0) is 19.3 Å². The number of amides is 1. The number of morpholine rings is 1. The minimum absolute atomic E-state index is 0.0613. The first-order chi connectivity index (χ1) is 11.0. The molecule has 2 aliphatic rings. The van der Waals surface area contributed by atoms with Gasteiger partial charge in [0.1, 0.15) is 11.9 Å². The Bertz CT molecular complexity index is 549. The van der Waals surface area contributed by atoms with Crippen LogP contribution in [0.4, 0.5) is 5.13 Å². The fourth-order valence-electron chi connectivity index (χ4n) is 3.05. The van der Waals surface area contributed by atoms with Crippen molar-refractivity contribution in [2.45, 2.75) is 51.5 Å². The number of nitrogens with zero attached hydrogens (tertiary/aromatic N) is 4. The molecule has 0 radical (unpaired) electrons. The largest absolute Gasteiger partial charge is 0.378 e. The molecule has 3 rings (SSSR count). The van der Waals surface area contributed by atoms with Gasteiger partial charge in [-0.15, -0.1) is 0 Å². The second kappa shape index (κ2) is 6.73. The van der Waals surface area contributed by atoms with Gasteiger partial charge in [0.15, 0.2) is 0 Å². The van der Waals surface area contributed by atoms with E-state index >= 15 is 0 Å². The van der Waals surface area contributed by atoms with E-state index in [2.05, 4.69) is 30.0 Å². The summed E-state index contributed by atoms with van der Waals surface area (Å²) in [5.74, 6) is 1.08. The van der Waals surface area contributed by atoms with Crippen LogP contribution in [0.15, 0.2) is 0 Å². The van der Waals surface area contributed by atoms with Crippen molar-refractivity contribution in [3.8, 4) is 0 Å². The number of carbonyl (C=O) groups excluding carboxylic acids is 1. The molecule has 2 saturated heterocycles. The van der Waals surface area contributed by atoms with Crippen LogP contribution >= 0.6 is 11.5 Å². The highest BCUT2D eigenvalue weighted by molar-refractivity contribution is 7.09. The number of carbonyl (C=O) groups is 1. The van der Waals surface area contributed by atoms with Gasteiger partial charge in [-0.1, -0.05) is 20.8 Å². The van der Waals surface area contributed by atoms with E-state index in [0.29, 0.717) is 26.3 Å². The molecule has 1 atom stereocenters. The molecule has 3 heterocycles. The molecular formula is C16H26N4O2S. The van der Waals surface area contributed by atoms with E-state index in [1.165, 1.54) is 11.5 Å². The highest BCUT2D eigenvalue weighted by atomic mass is 32.1. The highest BCUT2D eigenvalue weighted by Crippen LogP contribution is 2.30. The van der Waals surface area contributed by atoms with Crippen molar-refractivity contribution in [3.05, 3.63) is 5.82 Å². The molecule has 1 unspecified atom stereocenters. The first-order valence-corrected chi connectivity index (χ1v) is 9.21. The Morgan fingerprint density at radius 1 is 1.22 bits per heavy atom. The monoisotopic (exact) mass is 338 g/mol. The Morgan fingerprint density at radius 2 is 1.96 bits per heavy atom. The predicted molar refractivity (Wildman–Crippen MR) is 91.0 cm³/mol. The van der Waals surface area contributed by atoms with Crippen LogP contribution in [0.5, 0.6) is 0 Å². The van der Waals surface area contributed by atoms with Gasteiger partial charge in [0, 0.05) is 36.6 Å². The Balaban J connectivity index is 1.78.